The lowest BCUT2D eigenvalue weighted by molar-refractivity contribution is -0.385. The number of nitrogens with zero attached hydrogens (tertiary/aromatic N) is 4. The maximum absolute atomic E-state index is 13.1. The second-order valence-electron chi connectivity index (χ2n) is 6.44. The van der Waals surface area contributed by atoms with E-state index < -0.39 is 40.6 Å². The molecule has 1 unspecified atom stereocenters. The molecule has 0 aliphatic rings. The van der Waals surface area contributed by atoms with Gasteiger partial charge in [0.2, 0.25) is 5.91 Å². The second kappa shape index (κ2) is 8.22. The monoisotopic (exact) mass is 454 g/mol. The van der Waals surface area contributed by atoms with Crippen LogP contribution in [-0.2, 0) is 4.79 Å². The standard InChI is InChI=1S/C17H16F2N6O5S/c1-6-4-8(13(18)19)21-17-10(6)11(12(31-17)14(20)26)22-15(27)7(2)24-5-9(25(28)29)16(23-24)30-3/h4-5,7,13H,1-3H3,(H2,20,26)(H,22,27). The zero-order valence-electron chi connectivity index (χ0n) is 16.4. The Labute approximate surface area is 177 Å². The number of carbonyl (C=O) groups is 2. The van der Waals surface area contributed by atoms with Crippen molar-refractivity contribution in [3.05, 3.63) is 38.5 Å². The van der Waals surface area contributed by atoms with Crippen LogP contribution in [0.25, 0.3) is 10.2 Å². The SMILES string of the molecule is COc1nn(C(C)C(=O)Nc2c(C(N)=O)sc3nc(C(F)F)cc(C)c23)cc1[N+](=O)[O-]. The molecule has 2 amide bonds. The van der Waals surface area contributed by atoms with Crippen LogP contribution in [0.1, 0.15) is 40.3 Å². The molecule has 0 saturated heterocycles. The minimum Gasteiger partial charge on any atom is -0.475 e. The number of aromatic nitrogens is 3. The van der Waals surface area contributed by atoms with E-state index in [0.717, 1.165) is 28.3 Å². The van der Waals surface area contributed by atoms with E-state index in [-0.39, 0.29) is 21.3 Å². The van der Waals surface area contributed by atoms with Crippen molar-refractivity contribution in [1.29, 1.82) is 0 Å². The van der Waals surface area contributed by atoms with Gasteiger partial charge in [0.1, 0.15) is 27.6 Å². The predicted octanol–water partition coefficient (Wildman–Crippen LogP) is 2.95. The number of hydrogen-bond donors (Lipinski definition) is 2. The van der Waals surface area contributed by atoms with Crippen LogP contribution < -0.4 is 15.8 Å². The zero-order chi connectivity index (χ0) is 23.0. The van der Waals surface area contributed by atoms with E-state index in [0.29, 0.717) is 10.9 Å². The number of primary amides is 1. The third-order valence-corrected chi connectivity index (χ3v) is 5.52. The molecule has 3 aromatic rings. The van der Waals surface area contributed by atoms with Crippen LogP contribution in [0.3, 0.4) is 0 Å². The van der Waals surface area contributed by atoms with Crippen LogP contribution in [0.15, 0.2) is 12.3 Å². The molecule has 0 bridgehead atoms. The Morgan fingerprint density at radius 1 is 1.42 bits per heavy atom. The number of nitrogens with two attached hydrogens (primary N) is 1. The number of nitro groups is 1. The number of aryl methyl sites for hydroxylation is 1. The first-order chi connectivity index (χ1) is 14.5. The number of hydrogen-bond acceptors (Lipinski definition) is 8. The number of rotatable bonds is 7. The van der Waals surface area contributed by atoms with E-state index in [1.54, 1.807) is 0 Å². The van der Waals surface area contributed by atoms with E-state index in [1.807, 2.05) is 0 Å². The van der Waals surface area contributed by atoms with E-state index >= 15 is 0 Å². The van der Waals surface area contributed by atoms with Crippen LogP contribution in [0.2, 0.25) is 0 Å². The van der Waals surface area contributed by atoms with Gasteiger partial charge in [0.25, 0.3) is 12.3 Å². The average Bonchev–Trinajstić information content (AvgIpc) is 3.29. The first-order valence-corrected chi connectivity index (χ1v) is 9.47. The Morgan fingerprint density at radius 3 is 2.61 bits per heavy atom. The fourth-order valence-corrected chi connectivity index (χ4v) is 3.96. The van der Waals surface area contributed by atoms with Gasteiger partial charge in [0, 0.05) is 5.39 Å². The maximum atomic E-state index is 13.1. The van der Waals surface area contributed by atoms with Gasteiger partial charge in [-0.25, -0.2) is 18.4 Å². The highest BCUT2D eigenvalue weighted by Crippen LogP contribution is 2.38. The Morgan fingerprint density at radius 2 is 2.10 bits per heavy atom. The highest BCUT2D eigenvalue weighted by molar-refractivity contribution is 7.21. The number of halogens is 2. The minimum absolute atomic E-state index is 0.0313. The molecule has 0 aliphatic carbocycles. The van der Waals surface area contributed by atoms with Crippen molar-refractivity contribution >= 4 is 44.7 Å². The lowest BCUT2D eigenvalue weighted by Crippen LogP contribution is -2.25. The first kappa shape index (κ1) is 22.0. The molecule has 0 spiro atoms. The number of nitrogens with one attached hydrogen (secondary N) is 1. The molecule has 0 fully saturated rings. The molecule has 3 rings (SSSR count). The predicted molar refractivity (Wildman–Crippen MR) is 107 cm³/mol. The summed E-state index contributed by atoms with van der Waals surface area (Å²) < 4.78 is 32.0. The largest absolute Gasteiger partial charge is 0.475 e. The molecule has 14 heteroatoms. The summed E-state index contributed by atoms with van der Waals surface area (Å²) in [6.45, 7) is 2.96. The molecule has 31 heavy (non-hydrogen) atoms. The van der Waals surface area contributed by atoms with E-state index in [2.05, 4.69) is 15.4 Å². The lowest BCUT2D eigenvalue weighted by Gasteiger charge is -2.13. The quantitative estimate of drug-likeness (QED) is 0.411. The van der Waals surface area contributed by atoms with Gasteiger partial charge < -0.3 is 15.8 Å². The molecule has 3 N–H and O–H groups in total. The van der Waals surface area contributed by atoms with Gasteiger partial charge in [-0.1, -0.05) is 0 Å². The normalized spacial score (nSPS) is 12.2. The Kier molecular flexibility index (Phi) is 5.83. The summed E-state index contributed by atoms with van der Waals surface area (Å²) in [6, 6.07) is 0.109. The lowest BCUT2D eigenvalue weighted by atomic mass is 10.1. The van der Waals surface area contributed by atoms with Gasteiger partial charge in [-0.15, -0.1) is 16.4 Å². The topological polar surface area (TPSA) is 155 Å². The van der Waals surface area contributed by atoms with Gasteiger partial charge in [-0.2, -0.15) is 0 Å². The fourth-order valence-electron chi connectivity index (χ4n) is 2.89. The van der Waals surface area contributed by atoms with Crippen LogP contribution >= 0.6 is 11.3 Å². The number of pyridine rings is 1. The Balaban J connectivity index is 2.02. The third kappa shape index (κ3) is 4.01. The third-order valence-electron chi connectivity index (χ3n) is 4.42. The number of ether oxygens (including phenoxy) is 1. The molecule has 11 nitrogen and oxygen atoms in total. The summed E-state index contributed by atoms with van der Waals surface area (Å²) in [7, 11) is 1.20. The molecule has 3 heterocycles. The highest BCUT2D eigenvalue weighted by atomic mass is 32.1. The van der Waals surface area contributed by atoms with Crippen molar-refractivity contribution in [1.82, 2.24) is 14.8 Å². The number of amides is 2. The van der Waals surface area contributed by atoms with E-state index in [4.69, 9.17) is 10.5 Å². The minimum atomic E-state index is -2.81. The van der Waals surface area contributed by atoms with Crippen LogP contribution in [0.4, 0.5) is 20.2 Å². The van der Waals surface area contributed by atoms with Crippen molar-refractivity contribution < 1.29 is 28.0 Å². The summed E-state index contributed by atoms with van der Waals surface area (Å²) in [5.41, 5.74) is 4.90. The number of methoxy groups -OCH3 is 1. The Bertz CT molecular complexity index is 1210. The molecule has 164 valence electrons. The van der Waals surface area contributed by atoms with Gasteiger partial charge >= 0.3 is 11.6 Å². The van der Waals surface area contributed by atoms with Crippen LogP contribution in [0.5, 0.6) is 5.88 Å². The summed E-state index contributed by atoms with van der Waals surface area (Å²) in [5.74, 6) is -1.83. The molecule has 1 atom stereocenters. The zero-order valence-corrected chi connectivity index (χ0v) is 17.2. The summed E-state index contributed by atoms with van der Waals surface area (Å²) in [6.07, 6.45) is -1.78. The van der Waals surface area contributed by atoms with Crippen molar-refractivity contribution in [2.75, 3.05) is 12.4 Å². The maximum Gasteiger partial charge on any atom is 0.350 e. The molecule has 0 aliphatic heterocycles. The van der Waals surface area contributed by atoms with E-state index in [9.17, 15) is 28.5 Å². The number of anilines is 1. The number of thiophene rings is 1. The van der Waals surface area contributed by atoms with Crippen LogP contribution in [-0.4, -0.2) is 38.6 Å². The molecule has 0 saturated carbocycles. The number of alkyl halides is 2. The van der Waals surface area contributed by atoms with Gasteiger partial charge in [-0.05, 0) is 25.5 Å². The summed E-state index contributed by atoms with van der Waals surface area (Å²) >= 11 is 0.776. The van der Waals surface area contributed by atoms with Crippen molar-refractivity contribution in [2.24, 2.45) is 5.73 Å². The highest BCUT2D eigenvalue weighted by Gasteiger charge is 2.28. The number of carbonyl (C=O) groups excluding carboxylic acids is 2. The van der Waals surface area contributed by atoms with Crippen LogP contribution in [0, 0.1) is 17.0 Å². The Hall–Kier alpha value is -3.68. The number of fused-ring (bicyclic) bond motifs is 1. The van der Waals surface area contributed by atoms with Gasteiger partial charge in [-0.3, -0.25) is 19.7 Å². The first-order valence-electron chi connectivity index (χ1n) is 8.65. The van der Waals surface area contributed by atoms with Crippen molar-refractivity contribution in [3.8, 4) is 5.88 Å². The van der Waals surface area contributed by atoms with Gasteiger partial charge in [0.05, 0.1) is 17.7 Å². The molecule has 3 aromatic heterocycles. The van der Waals surface area contributed by atoms with Gasteiger partial charge in [0.15, 0.2) is 0 Å². The van der Waals surface area contributed by atoms with Crippen molar-refractivity contribution in [3.63, 3.8) is 0 Å². The average molecular weight is 454 g/mol. The van der Waals surface area contributed by atoms with Crippen molar-refractivity contribution in [2.45, 2.75) is 26.3 Å². The molecule has 0 aromatic carbocycles. The smallest absolute Gasteiger partial charge is 0.350 e. The second-order valence-corrected chi connectivity index (χ2v) is 7.44. The summed E-state index contributed by atoms with van der Waals surface area (Å²) in [4.78, 5) is 39.0. The van der Waals surface area contributed by atoms with E-state index in [1.165, 1.54) is 21.0 Å². The summed E-state index contributed by atoms with van der Waals surface area (Å²) in [5, 5.41) is 17.8. The molecular weight excluding hydrogens is 438 g/mol. The molecule has 0 radical (unpaired) electrons. The molecular formula is C17H16F2N6O5S. The fraction of sp³-hybridized carbons (Fsp3) is 0.294.